The molecule has 0 spiro atoms. The lowest BCUT2D eigenvalue weighted by Crippen LogP contribution is -2.54. The van der Waals surface area contributed by atoms with Gasteiger partial charge in [0, 0.05) is 83.1 Å². The Morgan fingerprint density at radius 2 is 1.55 bits per heavy atom. The van der Waals surface area contributed by atoms with E-state index >= 15 is 0 Å². The molecule has 6 rings (SSSR count). The molecule has 0 unspecified atom stereocenters. The number of ether oxygens (including phenoxy) is 1. The van der Waals surface area contributed by atoms with Crippen LogP contribution in [0.2, 0.25) is 0 Å². The first-order valence-electron chi connectivity index (χ1n) is 17.1. The molecule has 0 bridgehead atoms. The zero-order valence-corrected chi connectivity index (χ0v) is 27.8. The third-order valence-electron chi connectivity index (χ3n) is 10.6. The Morgan fingerprint density at radius 3 is 2.26 bits per heavy atom. The summed E-state index contributed by atoms with van der Waals surface area (Å²) in [5.74, 6) is -0.168. The van der Waals surface area contributed by atoms with Crippen LogP contribution in [0.25, 0.3) is 0 Å². The Balaban J connectivity index is 1.08. The van der Waals surface area contributed by atoms with Gasteiger partial charge in [0.2, 0.25) is 0 Å². The number of carbonyl (C=O) groups is 3. The van der Waals surface area contributed by atoms with Gasteiger partial charge in [-0.05, 0) is 74.9 Å². The molecule has 0 radical (unpaired) electrons. The number of urea groups is 1. The van der Waals surface area contributed by atoms with Gasteiger partial charge in [0.15, 0.2) is 6.10 Å². The quantitative estimate of drug-likeness (QED) is 0.407. The normalized spacial score (nSPS) is 21.1. The number of nitrogen functional groups attached to an aromatic ring is 2. The summed E-state index contributed by atoms with van der Waals surface area (Å²) < 4.78 is 6.05. The van der Waals surface area contributed by atoms with Crippen molar-refractivity contribution < 1.29 is 19.1 Å². The molecule has 0 saturated carbocycles. The van der Waals surface area contributed by atoms with Crippen LogP contribution in [0.5, 0.6) is 0 Å². The van der Waals surface area contributed by atoms with E-state index in [1.54, 1.807) is 11.0 Å². The highest BCUT2D eigenvalue weighted by Crippen LogP contribution is 2.27. The van der Waals surface area contributed by atoms with E-state index in [0.29, 0.717) is 63.0 Å². The van der Waals surface area contributed by atoms with Gasteiger partial charge in [0.1, 0.15) is 0 Å². The molecule has 3 fully saturated rings. The van der Waals surface area contributed by atoms with Gasteiger partial charge in [-0.3, -0.25) is 9.69 Å². The van der Waals surface area contributed by atoms with Gasteiger partial charge in [-0.1, -0.05) is 24.3 Å². The molecule has 0 aliphatic carbocycles. The molecular formula is C35H50N8O4. The van der Waals surface area contributed by atoms with Gasteiger partial charge in [0.25, 0.3) is 5.91 Å². The molecule has 5 N–H and O–H groups in total. The minimum atomic E-state index is -0.974. The summed E-state index contributed by atoms with van der Waals surface area (Å²) in [4.78, 5) is 51.0. The Bertz CT molecular complexity index is 1420. The van der Waals surface area contributed by atoms with E-state index in [2.05, 4.69) is 22.2 Å². The van der Waals surface area contributed by atoms with Crippen LogP contribution in [0.3, 0.4) is 0 Å². The predicted molar refractivity (Wildman–Crippen MR) is 183 cm³/mol. The largest absolute Gasteiger partial charge is 0.436 e. The summed E-state index contributed by atoms with van der Waals surface area (Å²) in [6.45, 7) is 8.94. The number of para-hydroxylation sites is 1. The van der Waals surface area contributed by atoms with Crippen molar-refractivity contribution in [2.45, 2.75) is 63.6 Å². The highest BCUT2D eigenvalue weighted by molar-refractivity contribution is 5.91. The molecule has 254 valence electrons. The maximum Gasteiger partial charge on any atom is 0.410 e. The summed E-state index contributed by atoms with van der Waals surface area (Å²) in [7, 11) is 2.16. The van der Waals surface area contributed by atoms with Crippen molar-refractivity contribution in [2.75, 3.05) is 82.7 Å². The first kappa shape index (κ1) is 32.9. The molecular weight excluding hydrogens is 596 g/mol. The Kier molecular flexibility index (Phi) is 10.1. The van der Waals surface area contributed by atoms with Crippen molar-refractivity contribution in [3.63, 3.8) is 0 Å². The number of nitrogens with two attached hydrogens (primary N) is 2. The van der Waals surface area contributed by atoms with Crippen molar-refractivity contribution >= 4 is 35.1 Å². The monoisotopic (exact) mass is 646 g/mol. The second kappa shape index (κ2) is 14.4. The number of anilines is 3. The number of hydrogen-bond acceptors (Lipinski definition) is 8. The number of aryl methyl sites for hydroxylation is 1. The van der Waals surface area contributed by atoms with Crippen LogP contribution < -0.4 is 16.8 Å². The second-order valence-corrected chi connectivity index (χ2v) is 13.6. The number of fused-ring (bicyclic) bond motifs is 1. The highest BCUT2D eigenvalue weighted by Gasteiger charge is 2.36. The standard InChI is InChI=1S/C35H50N8O4/c1-24-21-25(22-29(36)32(24)37)23-31(33(44)41-12-8-27(9-13-41)40-19-17-39(2)18-20-40)47-35(46)42-14-10-28(11-15-42)43-16-7-26-5-3-4-6-30(26)38-34(43)45/h3-6,21-22,27-28,31H,7-20,23,36-37H2,1-2H3,(H,38,45)/t31-/m1/s1. The van der Waals surface area contributed by atoms with Gasteiger partial charge >= 0.3 is 12.1 Å². The van der Waals surface area contributed by atoms with E-state index in [1.165, 1.54) is 0 Å². The fraction of sp³-hybridized carbons (Fsp3) is 0.571. The Labute approximate surface area is 277 Å². The number of carbonyl (C=O) groups excluding carboxylic acids is 3. The molecule has 0 aromatic heterocycles. The van der Waals surface area contributed by atoms with E-state index in [9.17, 15) is 14.4 Å². The predicted octanol–water partition coefficient (Wildman–Crippen LogP) is 3.00. The average Bonchev–Trinajstić information content (AvgIpc) is 3.25. The fourth-order valence-electron chi connectivity index (χ4n) is 7.55. The number of hydrogen-bond donors (Lipinski definition) is 3. The number of rotatable bonds is 6. The minimum absolute atomic E-state index is 0.0214. The molecule has 47 heavy (non-hydrogen) atoms. The minimum Gasteiger partial charge on any atom is -0.436 e. The van der Waals surface area contributed by atoms with Crippen LogP contribution in [0.4, 0.5) is 26.7 Å². The van der Waals surface area contributed by atoms with E-state index in [0.717, 1.165) is 67.8 Å². The number of nitrogens with one attached hydrogen (secondary N) is 1. The summed E-state index contributed by atoms with van der Waals surface area (Å²) in [5.41, 5.74) is 16.9. The number of likely N-dealkylation sites (tertiary alicyclic amines) is 2. The number of likely N-dealkylation sites (N-methyl/N-ethyl adjacent to an activating group) is 1. The molecule has 3 saturated heterocycles. The lowest BCUT2D eigenvalue weighted by molar-refractivity contribution is -0.142. The lowest BCUT2D eigenvalue weighted by atomic mass is 9.99. The number of nitrogens with zero attached hydrogens (tertiary/aromatic N) is 5. The van der Waals surface area contributed by atoms with Gasteiger partial charge < -0.3 is 41.1 Å². The second-order valence-electron chi connectivity index (χ2n) is 13.6. The molecule has 12 nitrogen and oxygen atoms in total. The van der Waals surface area contributed by atoms with Gasteiger partial charge in [-0.15, -0.1) is 0 Å². The number of piperidine rings is 2. The van der Waals surface area contributed by atoms with Gasteiger partial charge in [-0.25, -0.2) is 9.59 Å². The summed E-state index contributed by atoms with van der Waals surface area (Å²) in [6.07, 6.45) is 2.64. The van der Waals surface area contributed by atoms with Crippen molar-refractivity contribution in [3.05, 3.63) is 53.1 Å². The van der Waals surface area contributed by atoms with E-state index < -0.39 is 12.2 Å². The molecule has 4 amide bonds. The van der Waals surface area contributed by atoms with E-state index in [1.807, 2.05) is 47.1 Å². The summed E-state index contributed by atoms with van der Waals surface area (Å²) >= 11 is 0. The summed E-state index contributed by atoms with van der Waals surface area (Å²) in [5, 5.41) is 3.05. The van der Waals surface area contributed by atoms with Crippen LogP contribution in [-0.4, -0.2) is 127 Å². The SMILES string of the molecule is Cc1cc(C[C@@H](OC(=O)N2CCC(N3CCc4ccccc4NC3=O)CC2)C(=O)N2CCC(N3CCN(C)CC3)CC2)cc(N)c1N. The van der Waals surface area contributed by atoms with Crippen molar-refractivity contribution in [3.8, 4) is 0 Å². The maximum absolute atomic E-state index is 14.0. The maximum atomic E-state index is 14.0. The van der Waals surface area contributed by atoms with Gasteiger partial charge in [0.05, 0.1) is 11.4 Å². The van der Waals surface area contributed by atoms with Crippen LogP contribution in [-0.2, 0) is 22.4 Å². The zero-order valence-electron chi connectivity index (χ0n) is 27.8. The third kappa shape index (κ3) is 7.59. The van der Waals surface area contributed by atoms with E-state index in [-0.39, 0.29) is 24.4 Å². The average molecular weight is 647 g/mol. The fourth-order valence-corrected chi connectivity index (χ4v) is 7.55. The van der Waals surface area contributed by atoms with Crippen molar-refractivity contribution in [1.82, 2.24) is 24.5 Å². The molecule has 4 aliphatic heterocycles. The molecule has 4 heterocycles. The van der Waals surface area contributed by atoms with Crippen LogP contribution in [0.15, 0.2) is 36.4 Å². The van der Waals surface area contributed by atoms with Crippen LogP contribution in [0, 0.1) is 6.92 Å². The zero-order chi connectivity index (χ0) is 33.1. The van der Waals surface area contributed by atoms with Crippen LogP contribution in [0.1, 0.15) is 42.4 Å². The molecule has 2 aromatic carbocycles. The van der Waals surface area contributed by atoms with Crippen molar-refractivity contribution in [1.29, 1.82) is 0 Å². The topological polar surface area (TPSA) is 141 Å². The number of piperazine rings is 1. The van der Waals surface area contributed by atoms with Gasteiger partial charge in [-0.2, -0.15) is 0 Å². The lowest BCUT2D eigenvalue weighted by Gasteiger charge is -2.42. The van der Waals surface area contributed by atoms with Crippen molar-refractivity contribution in [2.24, 2.45) is 0 Å². The molecule has 4 aliphatic rings. The highest BCUT2D eigenvalue weighted by atomic mass is 16.6. The summed E-state index contributed by atoms with van der Waals surface area (Å²) in [6, 6.07) is 12.0. The van der Waals surface area contributed by atoms with Crippen LogP contribution >= 0.6 is 0 Å². The Hall–Kier alpha value is -4.03. The number of benzene rings is 2. The van der Waals surface area contributed by atoms with E-state index in [4.69, 9.17) is 16.2 Å². The third-order valence-corrected chi connectivity index (χ3v) is 10.6. The first-order chi connectivity index (χ1) is 22.7. The Morgan fingerprint density at radius 1 is 0.894 bits per heavy atom. The molecule has 1 atom stereocenters. The molecule has 2 aromatic rings. The molecule has 12 heteroatoms. The smallest absolute Gasteiger partial charge is 0.410 e. The number of amides is 4. The first-order valence-corrected chi connectivity index (χ1v) is 17.1.